The van der Waals surface area contributed by atoms with Crippen LogP contribution >= 0.6 is 0 Å². The van der Waals surface area contributed by atoms with Crippen LogP contribution in [0.4, 0.5) is 18.9 Å². The summed E-state index contributed by atoms with van der Waals surface area (Å²) in [6.45, 7) is 3.57. The van der Waals surface area contributed by atoms with Crippen molar-refractivity contribution in [2.45, 2.75) is 32.5 Å². The molecule has 1 aromatic heterocycles. The smallest absolute Gasteiger partial charge is 0.416 e. The molecule has 4 rings (SSSR count). The molecule has 0 fully saturated rings. The maximum atomic E-state index is 13.9. The van der Waals surface area contributed by atoms with Gasteiger partial charge in [0, 0.05) is 23.0 Å². The number of carboxylic acids is 1. The van der Waals surface area contributed by atoms with Gasteiger partial charge in [0.15, 0.2) is 5.76 Å². The molecule has 0 aliphatic carbocycles. The van der Waals surface area contributed by atoms with Gasteiger partial charge in [-0.05, 0) is 61.4 Å². The van der Waals surface area contributed by atoms with Crippen LogP contribution in [-0.4, -0.2) is 16.1 Å². The summed E-state index contributed by atoms with van der Waals surface area (Å²) in [4.78, 5) is 16.0. The third kappa shape index (κ3) is 5.06. The van der Waals surface area contributed by atoms with Crippen LogP contribution in [0.1, 0.15) is 59.1 Å². The van der Waals surface area contributed by atoms with Gasteiger partial charge < -0.3 is 15.2 Å². The number of pyridine rings is 1. The van der Waals surface area contributed by atoms with Gasteiger partial charge in [0.2, 0.25) is 0 Å². The molecule has 35 heavy (non-hydrogen) atoms. The fraction of sp³-hybridized carbons (Fsp3) is 0.185. The molecule has 5 nitrogen and oxygen atoms in total. The third-order valence-electron chi connectivity index (χ3n) is 5.59. The van der Waals surface area contributed by atoms with Gasteiger partial charge >= 0.3 is 12.1 Å². The van der Waals surface area contributed by atoms with Gasteiger partial charge in [-0.1, -0.05) is 31.2 Å². The Morgan fingerprint density at radius 1 is 1.17 bits per heavy atom. The molecule has 8 heteroatoms. The zero-order valence-corrected chi connectivity index (χ0v) is 19.1. The normalized spacial score (nSPS) is 15.1. The van der Waals surface area contributed by atoms with Crippen molar-refractivity contribution >= 4 is 23.0 Å². The minimum atomic E-state index is -4.58. The maximum Gasteiger partial charge on any atom is 0.416 e. The van der Waals surface area contributed by atoms with Gasteiger partial charge in [-0.25, -0.2) is 4.79 Å². The van der Waals surface area contributed by atoms with Gasteiger partial charge in [0.25, 0.3) is 0 Å². The van der Waals surface area contributed by atoms with E-state index in [1.165, 1.54) is 6.07 Å². The van der Waals surface area contributed by atoms with Crippen LogP contribution in [0, 0.1) is 0 Å². The van der Waals surface area contributed by atoms with Crippen molar-refractivity contribution in [1.82, 2.24) is 4.98 Å². The number of rotatable bonds is 6. The summed E-state index contributed by atoms with van der Waals surface area (Å²) >= 11 is 0. The van der Waals surface area contributed by atoms with E-state index >= 15 is 0 Å². The molecule has 2 N–H and O–H groups in total. The van der Waals surface area contributed by atoms with Gasteiger partial charge in [0.05, 0.1) is 17.2 Å². The zero-order valence-electron chi connectivity index (χ0n) is 19.1. The largest absolute Gasteiger partial charge is 0.478 e. The van der Waals surface area contributed by atoms with Crippen molar-refractivity contribution in [3.63, 3.8) is 0 Å². The number of allylic oxidation sites excluding steroid dienone is 3. The Balaban J connectivity index is 1.87. The highest BCUT2D eigenvalue weighted by atomic mass is 19.4. The van der Waals surface area contributed by atoms with E-state index in [9.17, 15) is 23.1 Å². The highest BCUT2D eigenvalue weighted by Gasteiger charge is 2.35. The van der Waals surface area contributed by atoms with Crippen LogP contribution in [0.5, 0.6) is 5.75 Å². The first-order valence-corrected chi connectivity index (χ1v) is 11.0. The molecule has 1 aliphatic heterocycles. The Morgan fingerprint density at radius 2 is 1.91 bits per heavy atom. The van der Waals surface area contributed by atoms with E-state index in [0.29, 0.717) is 34.7 Å². The number of nitrogens with zero attached hydrogens (tertiary/aromatic N) is 1. The molecule has 0 radical (unpaired) electrons. The van der Waals surface area contributed by atoms with Gasteiger partial charge in [-0.3, -0.25) is 4.98 Å². The molecule has 180 valence electrons. The van der Waals surface area contributed by atoms with Crippen molar-refractivity contribution < 1.29 is 27.8 Å². The van der Waals surface area contributed by atoms with Gasteiger partial charge in [-0.15, -0.1) is 0 Å². The Morgan fingerprint density at radius 3 is 2.57 bits per heavy atom. The van der Waals surface area contributed by atoms with Crippen molar-refractivity contribution in [3.8, 4) is 5.75 Å². The monoisotopic (exact) mass is 480 g/mol. The summed E-state index contributed by atoms with van der Waals surface area (Å²) in [7, 11) is 0. The molecule has 1 aliphatic rings. The van der Waals surface area contributed by atoms with E-state index in [-0.39, 0.29) is 16.9 Å². The number of hydrogen-bond acceptors (Lipinski definition) is 4. The predicted octanol–water partition coefficient (Wildman–Crippen LogP) is 7.20. The molecule has 0 saturated heterocycles. The van der Waals surface area contributed by atoms with Crippen LogP contribution in [0.15, 0.2) is 72.9 Å². The lowest BCUT2D eigenvalue weighted by molar-refractivity contribution is -0.137. The number of halogens is 3. The molecular weight excluding hydrogens is 457 g/mol. The summed E-state index contributed by atoms with van der Waals surface area (Å²) in [5, 5.41) is 12.6. The van der Waals surface area contributed by atoms with E-state index < -0.39 is 23.8 Å². The standard InChI is InChI=1S/C27H23F3N2O3/c1-3-8-17-13-24(23-11-6-7-12-31-23)35-25-20(14-18(15-21(17)25)27(28,29)30)16(2)32-22-10-5-4-9-19(22)26(33)34/h4-16,32H,3H2,1-2H3,(H,33,34)/b17-8-. The van der Waals surface area contributed by atoms with Crippen molar-refractivity contribution in [2.75, 3.05) is 5.32 Å². The first-order chi connectivity index (χ1) is 16.7. The van der Waals surface area contributed by atoms with Gasteiger partial charge in [0.1, 0.15) is 11.4 Å². The minimum Gasteiger partial charge on any atom is -0.478 e. The molecule has 3 aromatic rings. The molecular formula is C27H23F3N2O3. The van der Waals surface area contributed by atoms with E-state index in [1.807, 2.05) is 13.0 Å². The number of fused-ring (bicyclic) bond motifs is 1. The number of carbonyl (C=O) groups is 1. The number of nitrogens with one attached hydrogen (secondary N) is 1. The molecule has 0 amide bonds. The molecule has 0 spiro atoms. The van der Waals surface area contributed by atoms with Crippen LogP contribution in [0.3, 0.4) is 0 Å². The maximum absolute atomic E-state index is 13.9. The molecule has 0 bridgehead atoms. The van der Waals surface area contributed by atoms with E-state index in [1.54, 1.807) is 55.6 Å². The zero-order chi connectivity index (χ0) is 25.2. The quantitative estimate of drug-likeness (QED) is 0.390. The number of carboxylic acid groups (broad SMARTS) is 1. The minimum absolute atomic E-state index is 0.0155. The fourth-order valence-electron chi connectivity index (χ4n) is 3.95. The van der Waals surface area contributed by atoms with Crippen molar-refractivity contribution in [3.05, 3.63) is 101 Å². The third-order valence-corrected chi connectivity index (χ3v) is 5.59. The second-order valence-corrected chi connectivity index (χ2v) is 8.05. The lowest BCUT2D eigenvalue weighted by Gasteiger charge is -2.27. The number of benzene rings is 2. The summed E-state index contributed by atoms with van der Waals surface area (Å²) < 4.78 is 47.8. The molecule has 2 aromatic carbocycles. The predicted molar refractivity (Wildman–Crippen MR) is 128 cm³/mol. The Hall–Kier alpha value is -4.07. The summed E-state index contributed by atoms with van der Waals surface area (Å²) in [5.41, 5.74) is 1.20. The van der Waals surface area contributed by atoms with Crippen molar-refractivity contribution in [2.24, 2.45) is 0 Å². The summed E-state index contributed by atoms with van der Waals surface area (Å²) in [6.07, 6.45) is 1.16. The fourth-order valence-corrected chi connectivity index (χ4v) is 3.95. The van der Waals surface area contributed by atoms with Crippen LogP contribution in [-0.2, 0) is 6.18 Å². The highest BCUT2D eigenvalue weighted by molar-refractivity contribution is 5.94. The number of aromatic nitrogens is 1. The summed E-state index contributed by atoms with van der Waals surface area (Å²) in [5.74, 6) is -0.457. The average Bonchev–Trinajstić information content (AvgIpc) is 2.83. The lowest BCUT2D eigenvalue weighted by atomic mass is 9.92. The van der Waals surface area contributed by atoms with Crippen molar-refractivity contribution in [1.29, 1.82) is 0 Å². The van der Waals surface area contributed by atoms with E-state index in [2.05, 4.69) is 10.3 Å². The Labute approximate surface area is 200 Å². The SMILES string of the molecule is CC/C=C1/C=C(c2ccccn2)Oc2c1cc(C(F)(F)F)cc2C(C)Nc1ccccc1C(=O)O. The highest BCUT2D eigenvalue weighted by Crippen LogP contribution is 2.45. The second kappa shape index (κ2) is 9.66. The molecule has 0 saturated carbocycles. The van der Waals surface area contributed by atoms with Gasteiger partial charge in [-0.2, -0.15) is 13.2 Å². The number of anilines is 1. The topological polar surface area (TPSA) is 71.5 Å². The lowest BCUT2D eigenvalue weighted by Crippen LogP contribution is -2.16. The molecule has 1 unspecified atom stereocenters. The molecule has 2 heterocycles. The Kier molecular flexibility index (Phi) is 6.64. The van der Waals surface area contributed by atoms with Crippen LogP contribution in [0.2, 0.25) is 0 Å². The first kappa shape index (κ1) is 24.1. The summed E-state index contributed by atoms with van der Waals surface area (Å²) in [6, 6.07) is 13.0. The number of alkyl halides is 3. The average molecular weight is 480 g/mol. The van der Waals surface area contributed by atoms with Crippen LogP contribution < -0.4 is 10.1 Å². The number of hydrogen-bond donors (Lipinski definition) is 2. The van der Waals surface area contributed by atoms with E-state index in [4.69, 9.17) is 4.74 Å². The Bertz CT molecular complexity index is 1310. The first-order valence-electron chi connectivity index (χ1n) is 11.0. The number of aromatic carboxylic acids is 1. The second-order valence-electron chi connectivity index (χ2n) is 8.05. The van der Waals surface area contributed by atoms with E-state index in [0.717, 1.165) is 12.1 Å². The van der Waals surface area contributed by atoms with Crippen LogP contribution in [0.25, 0.3) is 11.3 Å². The number of para-hydroxylation sites is 1. The molecule has 1 atom stereocenters. The number of ether oxygens (including phenoxy) is 1.